The molecular weight excluding hydrogens is 289 g/mol. The van der Waals surface area contributed by atoms with Crippen molar-refractivity contribution in [2.75, 3.05) is 31.5 Å². The van der Waals surface area contributed by atoms with Crippen LogP contribution in [0.2, 0.25) is 10.0 Å². The molecule has 1 aliphatic rings. The van der Waals surface area contributed by atoms with Crippen molar-refractivity contribution in [3.63, 3.8) is 0 Å². The van der Waals surface area contributed by atoms with Crippen LogP contribution in [0.15, 0.2) is 18.2 Å². The van der Waals surface area contributed by atoms with Crippen molar-refractivity contribution >= 4 is 40.7 Å². The van der Waals surface area contributed by atoms with Crippen molar-refractivity contribution in [1.29, 1.82) is 0 Å². The van der Waals surface area contributed by atoms with E-state index in [0.717, 1.165) is 11.4 Å². The van der Waals surface area contributed by atoms with Crippen LogP contribution >= 0.6 is 23.2 Å². The van der Waals surface area contributed by atoms with E-state index in [9.17, 15) is 9.59 Å². The summed E-state index contributed by atoms with van der Waals surface area (Å²) in [4.78, 5) is 24.0. The van der Waals surface area contributed by atoms with Gasteiger partial charge in [-0.2, -0.15) is 0 Å². The van der Waals surface area contributed by atoms with Crippen LogP contribution in [0.1, 0.15) is 0 Å². The lowest BCUT2D eigenvalue weighted by molar-refractivity contribution is -0.885. The van der Waals surface area contributed by atoms with Gasteiger partial charge in [0.2, 0.25) is 0 Å². The van der Waals surface area contributed by atoms with E-state index < -0.39 is 0 Å². The van der Waals surface area contributed by atoms with Gasteiger partial charge in [-0.3, -0.25) is 9.59 Å². The number of piperazine rings is 1. The summed E-state index contributed by atoms with van der Waals surface area (Å²) >= 11 is 11.8. The van der Waals surface area contributed by atoms with Gasteiger partial charge < -0.3 is 15.5 Å². The fraction of sp³-hybridized carbons (Fsp3) is 0.333. The number of carbonyl (C=O) groups is 2. The molecule has 1 aromatic carbocycles. The molecule has 1 heterocycles. The Balaban J connectivity index is 1.93. The second kappa shape index (κ2) is 6.23. The van der Waals surface area contributed by atoms with Gasteiger partial charge in [-0.25, -0.2) is 0 Å². The first-order valence-corrected chi connectivity index (χ1v) is 6.65. The van der Waals surface area contributed by atoms with Crippen LogP contribution < -0.4 is 15.5 Å². The minimum atomic E-state index is -0.186. The summed E-state index contributed by atoms with van der Waals surface area (Å²) in [5, 5.41) is 6.37. The molecule has 1 unspecified atom stereocenters. The molecule has 1 aliphatic heterocycles. The molecule has 7 heteroatoms. The van der Waals surface area contributed by atoms with Gasteiger partial charge in [0.05, 0.1) is 23.8 Å². The molecule has 102 valence electrons. The highest BCUT2D eigenvalue weighted by Gasteiger charge is 2.22. The molecule has 1 saturated heterocycles. The SMILES string of the molecule is O=C1C[NH+](CC(=O)Nc2cc(Cl)ccc2Cl)CCN1. The van der Waals surface area contributed by atoms with Gasteiger partial charge in [0.15, 0.2) is 13.1 Å². The van der Waals surface area contributed by atoms with E-state index in [1.807, 2.05) is 0 Å². The number of hydrogen-bond donors (Lipinski definition) is 3. The first-order valence-electron chi connectivity index (χ1n) is 5.90. The molecule has 2 amide bonds. The van der Waals surface area contributed by atoms with Gasteiger partial charge in [-0.15, -0.1) is 0 Å². The Hall–Kier alpha value is -1.30. The number of amides is 2. The maximum Gasteiger partial charge on any atom is 0.279 e. The van der Waals surface area contributed by atoms with Crippen LogP contribution in [0.3, 0.4) is 0 Å². The number of anilines is 1. The maximum atomic E-state index is 11.9. The highest BCUT2D eigenvalue weighted by Crippen LogP contribution is 2.25. The van der Waals surface area contributed by atoms with Gasteiger partial charge >= 0.3 is 0 Å². The monoisotopic (exact) mass is 302 g/mol. The fourth-order valence-corrected chi connectivity index (χ4v) is 2.26. The number of halogens is 2. The number of nitrogens with one attached hydrogen (secondary N) is 3. The van der Waals surface area contributed by atoms with Crippen molar-refractivity contribution in [3.8, 4) is 0 Å². The zero-order valence-corrected chi connectivity index (χ0v) is 11.6. The molecular formula is C12H14Cl2N3O2+. The van der Waals surface area contributed by atoms with Gasteiger partial charge in [-0.05, 0) is 18.2 Å². The number of rotatable bonds is 3. The Morgan fingerprint density at radius 3 is 2.95 bits per heavy atom. The predicted molar refractivity (Wildman–Crippen MR) is 73.7 cm³/mol. The third-order valence-electron chi connectivity index (χ3n) is 2.82. The van der Waals surface area contributed by atoms with Crippen LogP contribution in [0, 0.1) is 0 Å². The standard InChI is InChI=1S/C12H13Cl2N3O2/c13-8-1-2-9(14)10(5-8)16-12(19)7-17-4-3-15-11(18)6-17/h1-2,5H,3-4,6-7H2,(H,15,18)(H,16,19)/p+1. The van der Waals surface area contributed by atoms with E-state index in [-0.39, 0.29) is 18.4 Å². The van der Waals surface area contributed by atoms with Crippen molar-refractivity contribution in [2.45, 2.75) is 0 Å². The average Bonchev–Trinajstić information content (AvgIpc) is 2.34. The second-order valence-corrected chi connectivity index (χ2v) is 5.22. The van der Waals surface area contributed by atoms with Crippen LogP contribution in [-0.4, -0.2) is 38.0 Å². The summed E-state index contributed by atoms with van der Waals surface area (Å²) in [5.74, 6) is -0.219. The van der Waals surface area contributed by atoms with Crippen LogP contribution in [0.25, 0.3) is 0 Å². The largest absolute Gasteiger partial charge is 0.346 e. The third kappa shape index (κ3) is 4.09. The maximum absolute atomic E-state index is 11.9. The van der Waals surface area contributed by atoms with Crippen molar-refractivity contribution in [1.82, 2.24) is 5.32 Å². The summed E-state index contributed by atoms with van der Waals surface area (Å²) in [6.45, 7) is 1.88. The van der Waals surface area contributed by atoms with E-state index in [0.29, 0.717) is 28.8 Å². The van der Waals surface area contributed by atoms with E-state index >= 15 is 0 Å². The summed E-state index contributed by atoms with van der Waals surface area (Å²) in [6.07, 6.45) is 0. The van der Waals surface area contributed by atoms with Crippen LogP contribution in [0.5, 0.6) is 0 Å². The average molecular weight is 303 g/mol. The van der Waals surface area contributed by atoms with Crippen LogP contribution in [0.4, 0.5) is 5.69 Å². The normalized spacial score (nSPS) is 18.8. The summed E-state index contributed by atoms with van der Waals surface area (Å²) < 4.78 is 0. The number of carbonyl (C=O) groups excluding carboxylic acids is 2. The predicted octanol–water partition coefficient (Wildman–Crippen LogP) is -0.0534. The minimum Gasteiger partial charge on any atom is -0.346 e. The number of quaternary nitrogens is 1. The molecule has 0 bridgehead atoms. The Bertz CT molecular complexity index is 508. The molecule has 2 rings (SSSR count). The summed E-state index contributed by atoms with van der Waals surface area (Å²) in [5.41, 5.74) is 0.486. The molecule has 19 heavy (non-hydrogen) atoms. The highest BCUT2D eigenvalue weighted by atomic mass is 35.5. The van der Waals surface area contributed by atoms with Crippen molar-refractivity contribution < 1.29 is 14.5 Å². The molecule has 1 fully saturated rings. The van der Waals surface area contributed by atoms with Gasteiger partial charge in [-0.1, -0.05) is 23.2 Å². The molecule has 0 radical (unpaired) electrons. The second-order valence-electron chi connectivity index (χ2n) is 4.38. The van der Waals surface area contributed by atoms with Gasteiger partial charge in [0.25, 0.3) is 11.8 Å². The Morgan fingerprint density at radius 1 is 1.42 bits per heavy atom. The lowest BCUT2D eigenvalue weighted by Crippen LogP contribution is -3.16. The number of hydrogen-bond acceptors (Lipinski definition) is 2. The Kier molecular flexibility index (Phi) is 4.63. The number of benzene rings is 1. The fourth-order valence-electron chi connectivity index (χ4n) is 1.92. The molecule has 0 spiro atoms. The highest BCUT2D eigenvalue weighted by molar-refractivity contribution is 6.35. The van der Waals surface area contributed by atoms with E-state index in [1.165, 1.54) is 0 Å². The minimum absolute atomic E-state index is 0.0326. The van der Waals surface area contributed by atoms with Gasteiger partial charge in [0.1, 0.15) is 0 Å². The topological polar surface area (TPSA) is 62.6 Å². The van der Waals surface area contributed by atoms with Crippen molar-refractivity contribution in [2.24, 2.45) is 0 Å². The molecule has 5 nitrogen and oxygen atoms in total. The van der Waals surface area contributed by atoms with Crippen molar-refractivity contribution in [3.05, 3.63) is 28.2 Å². The smallest absolute Gasteiger partial charge is 0.279 e. The molecule has 1 aromatic rings. The van der Waals surface area contributed by atoms with Gasteiger partial charge in [0, 0.05) is 5.02 Å². The molecule has 1 atom stereocenters. The molecule has 0 saturated carbocycles. The lowest BCUT2D eigenvalue weighted by Gasteiger charge is -2.23. The van der Waals surface area contributed by atoms with E-state index in [4.69, 9.17) is 23.2 Å². The first-order chi connectivity index (χ1) is 9.04. The first kappa shape index (κ1) is 14.1. The van der Waals surface area contributed by atoms with Crippen LogP contribution in [-0.2, 0) is 9.59 Å². The zero-order valence-electron chi connectivity index (χ0n) is 10.1. The van der Waals surface area contributed by atoms with E-state index in [1.54, 1.807) is 18.2 Å². The Labute approximate surface area is 120 Å². The Morgan fingerprint density at radius 2 is 2.21 bits per heavy atom. The molecule has 0 aromatic heterocycles. The zero-order chi connectivity index (χ0) is 13.8. The third-order valence-corrected chi connectivity index (χ3v) is 3.39. The lowest BCUT2D eigenvalue weighted by atomic mass is 10.3. The summed E-state index contributed by atoms with van der Waals surface area (Å²) in [6, 6.07) is 4.88. The summed E-state index contributed by atoms with van der Waals surface area (Å²) in [7, 11) is 0. The molecule has 3 N–H and O–H groups in total. The molecule has 0 aliphatic carbocycles. The van der Waals surface area contributed by atoms with E-state index in [2.05, 4.69) is 10.6 Å². The quantitative estimate of drug-likeness (QED) is 0.733.